The van der Waals surface area contributed by atoms with E-state index in [9.17, 15) is 9.50 Å². The molecule has 0 aromatic heterocycles. The Kier molecular flexibility index (Phi) is 4.32. The van der Waals surface area contributed by atoms with Crippen molar-refractivity contribution in [3.8, 4) is 0 Å². The number of aliphatic hydroxyl groups is 1. The minimum absolute atomic E-state index is 0.124. The van der Waals surface area contributed by atoms with Gasteiger partial charge in [0.05, 0.1) is 6.10 Å². The summed E-state index contributed by atoms with van der Waals surface area (Å²) in [5, 5.41) is 9.24. The van der Waals surface area contributed by atoms with Crippen molar-refractivity contribution in [2.75, 3.05) is 13.6 Å². The number of benzene rings is 1. The van der Waals surface area contributed by atoms with Crippen molar-refractivity contribution in [2.24, 2.45) is 11.7 Å². The maximum atomic E-state index is 13.7. The highest BCUT2D eigenvalue weighted by Crippen LogP contribution is 2.28. The maximum absolute atomic E-state index is 13.7. The number of rotatable bonds is 5. The molecule has 0 saturated heterocycles. The van der Waals surface area contributed by atoms with Crippen molar-refractivity contribution < 1.29 is 9.50 Å². The molecule has 0 unspecified atom stereocenters. The third-order valence-electron chi connectivity index (χ3n) is 3.57. The molecule has 0 spiro atoms. The third kappa shape index (κ3) is 3.28. The molecule has 100 valence electrons. The van der Waals surface area contributed by atoms with Crippen LogP contribution in [0.25, 0.3) is 0 Å². The summed E-state index contributed by atoms with van der Waals surface area (Å²) in [7, 11) is 1.99. The topological polar surface area (TPSA) is 49.5 Å². The van der Waals surface area contributed by atoms with E-state index in [2.05, 4.69) is 4.90 Å². The highest BCUT2D eigenvalue weighted by Gasteiger charge is 2.27. The minimum Gasteiger partial charge on any atom is -0.393 e. The lowest BCUT2D eigenvalue weighted by Gasteiger charge is -2.34. The van der Waals surface area contributed by atoms with Gasteiger partial charge in [-0.25, -0.2) is 4.39 Å². The molecule has 0 aliphatic heterocycles. The van der Waals surface area contributed by atoms with E-state index in [0.717, 1.165) is 24.9 Å². The Morgan fingerprint density at radius 2 is 2.17 bits per heavy atom. The summed E-state index contributed by atoms with van der Waals surface area (Å²) in [5.41, 5.74) is 7.21. The van der Waals surface area contributed by atoms with Crippen molar-refractivity contribution in [3.05, 3.63) is 35.1 Å². The van der Waals surface area contributed by atoms with Gasteiger partial charge in [-0.2, -0.15) is 0 Å². The lowest BCUT2D eigenvalue weighted by atomic mass is 9.82. The van der Waals surface area contributed by atoms with Gasteiger partial charge in [-0.3, -0.25) is 0 Å². The number of nitrogens with zero attached hydrogens (tertiary/aromatic N) is 1. The van der Waals surface area contributed by atoms with Crippen molar-refractivity contribution in [1.82, 2.24) is 4.90 Å². The van der Waals surface area contributed by atoms with Crippen LogP contribution in [0, 0.1) is 11.7 Å². The molecule has 0 radical (unpaired) electrons. The van der Waals surface area contributed by atoms with Gasteiger partial charge in [0.1, 0.15) is 5.82 Å². The lowest BCUT2D eigenvalue weighted by Crippen LogP contribution is -2.36. The zero-order valence-electron chi connectivity index (χ0n) is 10.8. The maximum Gasteiger partial charge on any atom is 0.127 e. The van der Waals surface area contributed by atoms with Gasteiger partial charge >= 0.3 is 0 Å². The Balaban J connectivity index is 1.91. The largest absolute Gasteiger partial charge is 0.393 e. The lowest BCUT2D eigenvalue weighted by molar-refractivity contribution is 0.0272. The highest BCUT2D eigenvalue weighted by molar-refractivity contribution is 5.25. The van der Waals surface area contributed by atoms with Crippen LogP contribution < -0.4 is 5.73 Å². The van der Waals surface area contributed by atoms with E-state index in [-0.39, 0.29) is 11.9 Å². The molecule has 1 aliphatic carbocycles. The summed E-state index contributed by atoms with van der Waals surface area (Å²) in [6.45, 7) is 1.93. The van der Waals surface area contributed by atoms with E-state index in [4.69, 9.17) is 5.73 Å². The quantitative estimate of drug-likeness (QED) is 0.834. The number of nitrogens with two attached hydrogens (primary N) is 1. The molecule has 18 heavy (non-hydrogen) atoms. The van der Waals surface area contributed by atoms with E-state index < -0.39 is 0 Å². The molecule has 2 rings (SSSR count). The van der Waals surface area contributed by atoms with Crippen molar-refractivity contribution in [1.29, 1.82) is 0 Å². The second kappa shape index (κ2) is 5.78. The van der Waals surface area contributed by atoms with Gasteiger partial charge in [0.2, 0.25) is 0 Å². The first-order valence-corrected chi connectivity index (χ1v) is 6.42. The van der Waals surface area contributed by atoms with E-state index in [1.54, 1.807) is 6.07 Å². The van der Waals surface area contributed by atoms with Crippen molar-refractivity contribution >= 4 is 0 Å². The van der Waals surface area contributed by atoms with Crippen LogP contribution in [0.15, 0.2) is 18.2 Å². The molecule has 0 heterocycles. The molecule has 0 atom stereocenters. The summed E-state index contributed by atoms with van der Waals surface area (Å²) in [4.78, 5) is 2.11. The van der Waals surface area contributed by atoms with Crippen LogP contribution in [0.4, 0.5) is 4.39 Å². The molecule has 0 amide bonds. The fraction of sp³-hybridized carbons (Fsp3) is 0.571. The first kappa shape index (κ1) is 13.5. The fourth-order valence-corrected chi connectivity index (χ4v) is 2.52. The molecular formula is C14H21FN2O. The average Bonchev–Trinajstić information content (AvgIpc) is 2.30. The predicted octanol–water partition coefficient (Wildman–Crippen LogP) is 1.49. The molecule has 1 aromatic rings. The van der Waals surface area contributed by atoms with Gasteiger partial charge in [0, 0.05) is 25.2 Å². The third-order valence-corrected chi connectivity index (χ3v) is 3.57. The summed E-state index contributed by atoms with van der Waals surface area (Å²) in [5.74, 6) is 0.374. The minimum atomic E-state index is -0.173. The normalized spacial score (nSPS) is 23.2. The van der Waals surface area contributed by atoms with Crippen molar-refractivity contribution in [2.45, 2.75) is 32.0 Å². The molecule has 1 aliphatic rings. The van der Waals surface area contributed by atoms with Crippen LogP contribution in [-0.4, -0.2) is 29.7 Å². The second-order valence-corrected chi connectivity index (χ2v) is 5.32. The Labute approximate surface area is 107 Å². The predicted molar refractivity (Wildman–Crippen MR) is 69.4 cm³/mol. The zero-order valence-corrected chi connectivity index (χ0v) is 10.8. The van der Waals surface area contributed by atoms with E-state index in [1.165, 1.54) is 6.07 Å². The fourth-order valence-electron chi connectivity index (χ4n) is 2.52. The summed E-state index contributed by atoms with van der Waals surface area (Å²) in [6.07, 6.45) is 1.62. The Morgan fingerprint density at radius 3 is 2.78 bits per heavy atom. The molecular weight excluding hydrogens is 231 g/mol. The van der Waals surface area contributed by atoms with E-state index in [1.807, 2.05) is 13.1 Å². The molecule has 1 saturated carbocycles. The molecule has 1 fully saturated rings. The van der Waals surface area contributed by atoms with Gasteiger partial charge in [-0.05, 0) is 37.4 Å². The van der Waals surface area contributed by atoms with Crippen LogP contribution in [0.3, 0.4) is 0 Å². The average molecular weight is 252 g/mol. The monoisotopic (exact) mass is 252 g/mol. The SMILES string of the molecule is CN(Cc1cc(CN)ccc1F)CC1CC(O)C1. The van der Waals surface area contributed by atoms with Gasteiger partial charge in [-0.1, -0.05) is 12.1 Å². The first-order valence-electron chi connectivity index (χ1n) is 6.42. The Hall–Kier alpha value is -0.970. The number of hydrogen-bond acceptors (Lipinski definition) is 3. The summed E-state index contributed by atoms with van der Waals surface area (Å²) in [6, 6.07) is 5.04. The molecule has 1 aromatic carbocycles. The smallest absolute Gasteiger partial charge is 0.127 e. The first-order chi connectivity index (χ1) is 8.58. The number of aliphatic hydroxyl groups excluding tert-OH is 1. The molecule has 4 heteroatoms. The Morgan fingerprint density at radius 1 is 1.44 bits per heavy atom. The van der Waals surface area contributed by atoms with E-state index >= 15 is 0 Å². The number of halogens is 1. The molecule has 0 bridgehead atoms. The van der Waals surface area contributed by atoms with Crippen LogP contribution in [0.1, 0.15) is 24.0 Å². The van der Waals surface area contributed by atoms with Gasteiger partial charge in [0.25, 0.3) is 0 Å². The van der Waals surface area contributed by atoms with Crippen LogP contribution in [0.5, 0.6) is 0 Å². The Bertz CT molecular complexity index is 405. The highest BCUT2D eigenvalue weighted by atomic mass is 19.1. The van der Waals surface area contributed by atoms with Crippen LogP contribution in [-0.2, 0) is 13.1 Å². The van der Waals surface area contributed by atoms with Gasteiger partial charge in [0.15, 0.2) is 0 Å². The molecule has 3 N–H and O–H groups in total. The molecule has 3 nitrogen and oxygen atoms in total. The standard InChI is InChI=1S/C14H21FN2O/c1-17(8-11-5-13(18)6-11)9-12-4-10(7-16)2-3-14(12)15/h2-4,11,13,18H,5-9,16H2,1H3. The van der Waals surface area contributed by atoms with Crippen LogP contribution >= 0.6 is 0 Å². The van der Waals surface area contributed by atoms with Crippen molar-refractivity contribution in [3.63, 3.8) is 0 Å². The van der Waals surface area contributed by atoms with Gasteiger partial charge in [-0.15, -0.1) is 0 Å². The summed E-state index contributed by atoms with van der Waals surface area (Å²) >= 11 is 0. The second-order valence-electron chi connectivity index (χ2n) is 5.32. The summed E-state index contributed by atoms with van der Waals surface area (Å²) < 4.78 is 13.7. The van der Waals surface area contributed by atoms with Gasteiger partial charge < -0.3 is 15.7 Å². The van der Waals surface area contributed by atoms with Crippen LogP contribution in [0.2, 0.25) is 0 Å². The zero-order chi connectivity index (χ0) is 13.1. The van der Waals surface area contributed by atoms with E-state index in [0.29, 0.717) is 24.6 Å². The number of hydrogen-bond donors (Lipinski definition) is 2.